The number of carbonyl (C=O) groups excluding carboxylic acids is 1. The summed E-state index contributed by atoms with van der Waals surface area (Å²) in [6.45, 7) is 1.82. The Hall–Kier alpha value is -3.36. The third-order valence-corrected chi connectivity index (χ3v) is 3.95. The summed E-state index contributed by atoms with van der Waals surface area (Å²) in [6.07, 6.45) is -3.10. The van der Waals surface area contributed by atoms with Crippen molar-refractivity contribution in [2.45, 2.75) is 19.7 Å². The Labute approximate surface area is 165 Å². The van der Waals surface area contributed by atoms with E-state index in [1.54, 1.807) is 12.1 Å². The first kappa shape index (κ1) is 21.9. The largest absolute Gasteiger partial charge is 0.464 e. The molecule has 0 aliphatic rings. The molecule has 0 N–H and O–H groups in total. The molecule has 0 spiro atoms. The molecule has 29 heavy (non-hydrogen) atoms. The van der Waals surface area contributed by atoms with Crippen LogP contribution in [0.2, 0.25) is 0 Å². The van der Waals surface area contributed by atoms with Crippen molar-refractivity contribution in [3.63, 3.8) is 0 Å². The Kier molecular flexibility index (Phi) is 7.35. The number of benzene rings is 2. The minimum Gasteiger partial charge on any atom is -0.464 e. The molecule has 9 heteroatoms. The van der Waals surface area contributed by atoms with E-state index in [1.807, 2.05) is 13.0 Å². The predicted octanol–water partition coefficient (Wildman–Crippen LogP) is 4.09. The van der Waals surface area contributed by atoms with Crippen LogP contribution in [0.15, 0.2) is 52.8 Å². The lowest BCUT2D eigenvalue weighted by Gasteiger charge is -2.12. The number of ether oxygens (including phenoxy) is 1. The first-order valence-electron chi connectivity index (χ1n) is 8.38. The molecular weight excluding hydrogens is 389 g/mol. The van der Waals surface area contributed by atoms with Gasteiger partial charge in [0.25, 0.3) is 0 Å². The lowest BCUT2D eigenvalue weighted by molar-refractivity contribution is -0.137. The fraction of sp³-hybridized carbons (Fsp3) is 0.250. The highest BCUT2D eigenvalue weighted by Crippen LogP contribution is 2.28. The molecule has 0 heterocycles. The molecule has 0 saturated heterocycles. The van der Waals surface area contributed by atoms with Gasteiger partial charge in [-0.3, -0.25) is 0 Å². The number of rotatable bonds is 7. The molecule has 6 nitrogen and oxygen atoms in total. The molecule has 0 atom stereocenters. The minimum absolute atomic E-state index is 0.00112. The summed E-state index contributed by atoms with van der Waals surface area (Å²) < 4.78 is 42.5. The van der Waals surface area contributed by atoms with Crippen molar-refractivity contribution in [1.29, 1.82) is 0 Å². The Morgan fingerprint density at radius 1 is 1.10 bits per heavy atom. The molecule has 0 aliphatic carbocycles. The van der Waals surface area contributed by atoms with Gasteiger partial charge in [-0.15, -0.1) is 0 Å². The van der Waals surface area contributed by atoms with Crippen LogP contribution in [0.4, 0.5) is 13.2 Å². The Balaban J connectivity index is 2.16. The molecule has 0 bridgehead atoms. The average molecular weight is 408 g/mol. The highest BCUT2D eigenvalue weighted by atomic mass is 19.4. The molecule has 2 rings (SSSR count). The molecule has 0 fully saturated rings. The fourth-order valence-electron chi connectivity index (χ4n) is 2.46. The summed E-state index contributed by atoms with van der Waals surface area (Å²) in [5.74, 6) is -0.674. The van der Waals surface area contributed by atoms with E-state index >= 15 is 0 Å². The average Bonchev–Trinajstić information content (AvgIpc) is 2.69. The second-order valence-corrected chi connectivity index (χ2v) is 5.84. The van der Waals surface area contributed by atoms with E-state index in [4.69, 9.17) is 14.4 Å². The molecule has 2 aromatic carbocycles. The van der Waals surface area contributed by atoms with Gasteiger partial charge in [-0.2, -0.15) is 13.2 Å². The second kappa shape index (κ2) is 9.72. The van der Waals surface area contributed by atoms with Gasteiger partial charge in [-0.05, 0) is 30.2 Å². The molecule has 0 amide bonds. The lowest BCUT2D eigenvalue weighted by atomic mass is 9.99. The zero-order valence-corrected chi connectivity index (χ0v) is 16.0. The second-order valence-electron chi connectivity index (χ2n) is 5.84. The zero-order valence-electron chi connectivity index (χ0n) is 16.0. The van der Waals surface area contributed by atoms with Crippen LogP contribution in [0.1, 0.15) is 27.8 Å². The van der Waals surface area contributed by atoms with E-state index in [0.717, 1.165) is 17.7 Å². The van der Waals surface area contributed by atoms with Crippen molar-refractivity contribution in [3.8, 4) is 0 Å². The molecule has 0 aromatic heterocycles. The van der Waals surface area contributed by atoms with Gasteiger partial charge in [-0.1, -0.05) is 40.6 Å². The monoisotopic (exact) mass is 408 g/mol. The molecule has 0 unspecified atom stereocenters. The number of alkyl halides is 3. The van der Waals surface area contributed by atoms with Crippen LogP contribution in [0.25, 0.3) is 0 Å². The van der Waals surface area contributed by atoms with Gasteiger partial charge < -0.3 is 14.4 Å². The van der Waals surface area contributed by atoms with Gasteiger partial charge in [0, 0.05) is 11.1 Å². The fourth-order valence-corrected chi connectivity index (χ4v) is 2.46. The van der Waals surface area contributed by atoms with Crippen molar-refractivity contribution < 1.29 is 32.4 Å². The standard InChI is InChI=1S/C20H19F3N2O4/c1-13-5-4-6-16(18(25-28-3)19(26)27-2)17(13)12-29-24-11-14-7-9-15(10-8-14)20(21,22)23/h4-11H,12H2,1-3H3/b24-11+,25-18+. The molecule has 0 aliphatic heterocycles. The summed E-state index contributed by atoms with van der Waals surface area (Å²) in [7, 11) is 2.54. The number of oxime groups is 2. The van der Waals surface area contributed by atoms with Crippen LogP contribution in [0, 0.1) is 6.92 Å². The first-order chi connectivity index (χ1) is 13.8. The highest BCUT2D eigenvalue weighted by molar-refractivity contribution is 6.43. The number of esters is 1. The van der Waals surface area contributed by atoms with E-state index in [0.29, 0.717) is 16.7 Å². The van der Waals surface area contributed by atoms with Crippen LogP contribution < -0.4 is 0 Å². The lowest BCUT2D eigenvalue weighted by Crippen LogP contribution is -2.20. The van der Waals surface area contributed by atoms with Crippen LogP contribution in [0.5, 0.6) is 0 Å². The predicted molar refractivity (Wildman–Crippen MR) is 101 cm³/mol. The number of nitrogens with zero attached hydrogens (tertiary/aromatic N) is 2. The van der Waals surface area contributed by atoms with Crippen molar-refractivity contribution in [2.75, 3.05) is 14.2 Å². The Morgan fingerprint density at radius 3 is 2.38 bits per heavy atom. The number of carbonyl (C=O) groups is 1. The van der Waals surface area contributed by atoms with Crippen molar-refractivity contribution in [1.82, 2.24) is 0 Å². The van der Waals surface area contributed by atoms with E-state index in [2.05, 4.69) is 10.3 Å². The molecule has 2 aromatic rings. The normalized spacial score (nSPS) is 12.1. The number of halogens is 3. The number of aryl methyl sites for hydroxylation is 1. The van der Waals surface area contributed by atoms with Crippen LogP contribution in [-0.2, 0) is 32.0 Å². The van der Waals surface area contributed by atoms with Crippen LogP contribution in [-0.4, -0.2) is 32.1 Å². The summed E-state index contributed by atoms with van der Waals surface area (Å²) in [5.41, 5.74) is 1.60. The van der Waals surface area contributed by atoms with E-state index < -0.39 is 17.7 Å². The summed E-state index contributed by atoms with van der Waals surface area (Å²) in [6, 6.07) is 9.73. The molecule has 154 valence electrons. The topological polar surface area (TPSA) is 69.5 Å². The third-order valence-electron chi connectivity index (χ3n) is 3.95. The SMILES string of the molecule is CO/N=C(/C(=O)OC)c1cccc(C)c1CO/N=C/c1ccc(C(F)(F)F)cc1. The molecule has 0 radical (unpaired) electrons. The smallest absolute Gasteiger partial charge is 0.416 e. The van der Waals surface area contributed by atoms with Gasteiger partial charge in [0.05, 0.1) is 18.9 Å². The zero-order chi connectivity index (χ0) is 21.4. The van der Waals surface area contributed by atoms with Crippen LogP contribution >= 0.6 is 0 Å². The van der Waals surface area contributed by atoms with E-state index in [-0.39, 0.29) is 12.3 Å². The van der Waals surface area contributed by atoms with Gasteiger partial charge in [0.1, 0.15) is 13.7 Å². The third kappa shape index (κ3) is 5.81. The molecular formula is C20H19F3N2O4. The minimum atomic E-state index is -4.39. The summed E-state index contributed by atoms with van der Waals surface area (Å²) in [4.78, 5) is 22.0. The van der Waals surface area contributed by atoms with E-state index in [9.17, 15) is 18.0 Å². The number of methoxy groups -OCH3 is 1. The summed E-state index contributed by atoms with van der Waals surface area (Å²) in [5, 5.41) is 7.51. The quantitative estimate of drug-likeness (QED) is 0.393. The van der Waals surface area contributed by atoms with Crippen LogP contribution in [0.3, 0.4) is 0 Å². The maximum absolute atomic E-state index is 12.6. The Morgan fingerprint density at radius 2 is 1.79 bits per heavy atom. The maximum Gasteiger partial charge on any atom is 0.416 e. The first-order valence-corrected chi connectivity index (χ1v) is 8.38. The highest BCUT2D eigenvalue weighted by Gasteiger charge is 2.29. The van der Waals surface area contributed by atoms with Gasteiger partial charge in [0.2, 0.25) is 0 Å². The van der Waals surface area contributed by atoms with Gasteiger partial charge in [-0.25, -0.2) is 4.79 Å². The van der Waals surface area contributed by atoms with Gasteiger partial charge >= 0.3 is 12.1 Å². The maximum atomic E-state index is 12.6. The van der Waals surface area contributed by atoms with Crippen molar-refractivity contribution >= 4 is 17.9 Å². The summed E-state index contributed by atoms with van der Waals surface area (Å²) >= 11 is 0. The number of hydrogen-bond donors (Lipinski definition) is 0. The Bertz CT molecular complexity index is 907. The van der Waals surface area contributed by atoms with Gasteiger partial charge in [0.15, 0.2) is 5.71 Å². The number of hydrogen-bond acceptors (Lipinski definition) is 6. The molecule has 0 saturated carbocycles. The van der Waals surface area contributed by atoms with E-state index in [1.165, 1.54) is 32.6 Å². The van der Waals surface area contributed by atoms with Crippen molar-refractivity contribution in [3.05, 3.63) is 70.3 Å². The van der Waals surface area contributed by atoms with Crippen molar-refractivity contribution in [2.24, 2.45) is 10.3 Å².